The maximum Gasteiger partial charge on any atom is 0.299 e. The number of ether oxygens (including phenoxy) is 1. The van der Waals surface area contributed by atoms with Gasteiger partial charge in [0.25, 0.3) is 12.0 Å². The fourth-order valence-electron chi connectivity index (χ4n) is 5.23. The van der Waals surface area contributed by atoms with E-state index in [1.807, 2.05) is 15.9 Å². The van der Waals surface area contributed by atoms with Gasteiger partial charge < -0.3 is 24.6 Å². The smallest absolute Gasteiger partial charge is 0.299 e. The van der Waals surface area contributed by atoms with Crippen molar-refractivity contribution >= 4 is 28.6 Å². The van der Waals surface area contributed by atoms with Crippen LogP contribution in [0.25, 0.3) is 11.4 Å². The molecule has 0 spiro atoms. The van der Waals surface area contributed by atoms with E-state index >= 15 is 0 Å². The molecule has 2 N–H and O–H groups in total. The van der Waals surface area contributed by atoms with Gasteiger partial charge in [-0.15, -0.1) is 5.10 Å². The maximum absolute atomic E-state index is 14.3. The van der Waals surface area contributed by atoms with Gasteiger partial charge in [0.15, 0.2) is 5.82 Å². The van der Waals surface area contributed by atoms with Crippen molar-refractivity contribution in [3.8, 4) is 0 Å². The number of aromatic nitrogens is 4. The molecule has 3 aromatic rings. The summed E-state index contributed by atoms with van der Waals surface area (Å²) in [5.74, 6) is -1.16. The molecule has 1 aromatic carbocycles. The van der Waals surface area contributed by atoms with Crippen LogP contribution >= 0.6 is 0 Å². The SMILES string of the molecule is Cc1cc(C(F)F)c(F)cc1NC(=O)Cn1c(C)c(N2CCN(C(C)O)CC2)c(=O)n2nc(C3=CCOCC3)nc12. The second-order valence-corrected chi connectivity index (χ2v) is 10.2. The molecule has 1 amide bonds. The largest absolute Gasteiger partial charge is 0.379 e. The number of hydrogen-bond donors (Lipinski definition) is 2. The summed E-state index contributed by atoms with van der Waals surface area (Å²) in [5, 5.41) is 17.1. The molecule has 1 saturated heterocycles. The van der Waals surface area contributed by atoms with Crippen LogP contribution in [0.3, 0.4) is 0 Å². The van der Waals surface area contributed by atoms with Gasteiger partial charge in [0, 0.05) is 37.6 Å². The third-order valence-corrected chi connectivity index (χ3v) is 7.54. The third-order valence-electron chi connectivity index (χ3n) is 7.54. The van der Waals surface area contributed by atoms with Gasteiger partial charge in [-0.1, -0.05) is 6.08 Å². The zero-order chi connectivity index (χ0) is 29.4. The number of anilines is 2. The molecule has 0 bridgehead atoms. The predicted octanol–water partition coefficient (Wildman–Crippen LogP) is 2.49. The van der Waals surface area contributed by atoms with Crippen LogP contribution < -0.4 is 15.8 Å². The number of rotatable bonds is 7. The molecule has 1 atom stereocenters. The lowest BCUT2D eigenvalue weighted by molar-refractivity contribution is -0.116. The van der Waals surface area contributed by atoms with Crippen LogP contribution in [0.1, 0.15) is 42.4 Å². The Morgan fingerprint density at radius 3 is 2.56 bits per heavy atom. The molecular weight excluding hydrogens is 543 g/mol. The van der Waals surface area contributed by atoms with Crippen molar-refractivity contribution in [1.29, 1.82) is 0 Å². The molecular formula is C27H32F3N7O4. The second kappa shape index (κ2) is 11.6. The molecule has 2 aromatic heterocycles. The van der Waals surface area contributed by atoms with Crippen molar-refractivity contribution in [2.75, 3.05) is 49.6 Å². The van der Waals surface area contributed by atoms with E-state index < -0.39 is 29.9 Å². The summed E-state index contributed by atoms with van der Waals surface area (Å²) >= 11 is 0. The van der Waals surface area contributed by atoms with Crippen LogP contribution in [0.15, 0.2) is 23.0 Å². The zero-order valence-electron chi connectivity index (χ0n) is 23.0. The number of aliphatic hydroxyl groups is 1. The highest BCUT2D eigenvalue weighted by Crippen LogP contribution is 2.28. The Kier molecular flexibility index (Phi) is 8.16. The minimum absolute atomic E-state index is 0.0654. The van der Waals surface area contributed by atoms with Crippen molar-refractivity contribution in [3.05, 3.63) is 57.0 Å². The van der Waals surface area contributed by atoms with E-state index in [9.17, 15) is 27.9 Å². The average Bonchev–Trinajstić information content (AvgIpc) is 3.39. The first-order valence-electron chi connectivity index (χ1n) is 13.4. The molecule has 14 heteroatoms. The molecule has 2 aliphatic rings. The zero-order valence-corrected chi connectivity index (χ0v) is 23.0. The van der Waals surface area contributed by atoms with E-state index in [4.69, 9.17) is 4.74 Å². The number of amides is 1. The number of carbonyl (C=O) groups is 1. The standard InChI is InChI=1S/C27H32F3N7O4/c1-15-12-19(24(29)30)20(28)13-21(15)31-22(39)14-36-16(2)23(35-8-6-34(7-9-35)17(3)38)26(40)37-27(36)32-25(33-37)18-4-10-41-11-5-18/h4,12-13,17,24,38H,5-11,14H2,1-3H3,(H,31,39). The highest BCUT2D eigenvalue weighted by molar-refractivity contribution is 5.91. The fourth-order valence-corrected chi connectivity index (χ4v) is 5.23. The number of alkyl halides is 2. The number of piperazine rings is 1. The number of halogens is 3. The minimum atomic E-state index is -2.98. The van der Waals surface area contributed by atoms with Crippen LogP contribution in [0.5, 0.6) is 0 Å². The Labute approximate surface area is 233 Å². The lowest BCUT2D eigenvalue weighted by Gasteiger charge is -2.37. The van der Waals surface area contributed by atoms with E-state index in [2.05, 4.69) is 15.4 Å². The van der Waals surface area contributed by atoms with Gasteiger partial charge in [-0.25, -0.2) is 13.2 Å². The third kappa shape index (κ3) is 5.72. The van der Waals surface area contributed by atoms with Gasteiger partial charge in [-0.05, 0) is 50.5 Å². The maximum atomic E-state index is 14.3. The quantitative estimate of drug-likeness (QED) is 0.442. The highest BCUT2D eigenvalue weighted by atomic mass is 19.3. The number of aliphatic hydroxyl groups excluding tert-OH is 1. The fraction of sp³-hybridized carbons (Fsp3) is 0.481. The van der Waals surface area contributed by atoms with Crippen LogP contribution in [-0.4, -0.2) is 80.7 Å². The Bertz CT molecular complexity index is 1560. The molecule has 0 saturated carbocycles. The molecule has 0 aliphatic carbocycles. The Hall–Kier alpha value is -3.75. The van der Waals surface area contributed by atoms with Crippen molar-refractivity contribution in [2.24, 2.45) is 0 Å². The molecule has 220 valence electrons. The number of aryl methyl sites for hydroxylation is 1. The summed E-state index contributed by atoms with van der Waals surface area (Å²) in [6.45, 7) is 7.51. The first kappa shape index (κ1) is 28.8. The lowest BCUT2D eigenvalue weighted by Crippen LogP contribution is -2.51. The predicted molar refractivity (Wildman–Crippen MR) is 146 cm³/mol. The van der Waals surface area contributed by atoms with Gasteiger partial charge in [-0.2, -0.15) is 9.50 Å². The highest BCUT2D eigenvalue weighted by Gasteiger charge is 2.28. The minimum Gasteiger partial charge on any atom is -0.379 e. The second-order valence-electron chi connectivity index (χ2n) is 10.2. The topological polar surface area (TPSA) is 117 Å². The van der Waals surface area contributed by atoms with Gasteiger partial charge in [-0.3, -0.25) is 14.5 Å². The van der Waals surface area contributed by atoms with Gasteiger partial charge >= 0.3 is 0 Å². The summed E-state index contributed by atoms with van der Waals surface area (Å²) in [6.07, 6.45) is -1.18. The number of nitrogens with zero attached hydrogens (tertiary/aromatic N) is 6. The van der Waals surface area contributed by atoms with Crippen molar-refractivity contribution in [2.45, 2.75) is 46.4 Å². The van der Waals surface area contributed by atoms with E-state index in [0.717, 1.165) is 17.7 Å². The van der Waals surface area contributed by atoms with Gasteiger partial charge in [0.05, 0.1) is 18.8 Å². The molecule has 1 unspecified atom stereocenters. The number of fused-ring (bicyclic) bond motifs is 1. The van der Waals surface area contributed by atoms with E-state index in [-0.39, 0.29) is 29.1 Å². The van der Waals surface area contributed by atoms with Crippen molar-refractivity contribution in [3.63, 3.8) is 0 Å². The van der Waals surface area contributed by atoms with E-state index in [0.29, 0.717) is 63.0 Å². The number of carbonyl (C=O) groups excluding carboxylic acids is 1. The first-order valence-corrected chi connectivity index (χ1v) is 13.4. The first-order chi connectivity index (χ1) is 19.5. The molecule has 1 fully saturated rings. The molecule has 11 nitrogen and oxygen atoms in total. The van der Waals surface area contributed by atoms with E-state index in [1.165, 1.54) is 11.4 Å². The van der Waals surface area contributed by atoms with Crippen molar-refractivity contribution < 1.29 is 27.8 Å². The molecule has 0 radical (unpaired) electrons. The van der Waals surface area contributed by atoms with E-state index in [1.54, 1.807) is 18.4 Å². The van der Waals surface area contributed by atoms with Crippen LogP contribution in [0, 0.1) is 19.7 Å². The molecule has 4 heterocycles. The number of hydrogen-bond acceptors (Lipinski definition) is 8. The normalized spacial score (nSPS) is 17.3. The Balaban J connectivity index is 1.53. The molecule has 2 aliphatic heterocycles. The summed E-state index contributed by atoms with van der Waals surface area (Å²) in [4.78, 5) is 35.4. The Morgan fingerprint density at radius 1 is 1.20 bits per heavy atom. The van der Waals surface area contributed by atoms with Crippen LogP contribution in [0.4, 0.5) is 24.5 Å². The summed E-state index contributed by atoms with van der Waals surface area (Å²) in [6, 6.07) is 1.89. The average molecular weight is 576 g/mol. The Morgan fingerprint density at radius 2 is 1.93 bits per heavy atom. The number of benzene rings is 1. The van der Waals surface area contributed by atoms with Crippen molar-refractivity contribution in [1.82, 2.24) is 24.1 Å². The summed E-state index contributed by atoms with van der Waals surface area (Å²) < 4.78 is 48.6. The van der Waals surface area contributed by atoms with Crippen LogP contribution in [-0.2, 0) is 16.1 Å². The van der Waals surface area contributed by atoms with Gasteiger partial charge in [0.2, 0.25) is 11.7 Å². The van der Waals surface area contributed by atoms with Crippen LogP contribution in [0.2, 0.25) is 0 Å². The summed E-state index contributed by atoms with van der Waals surface area (Å²) in [7, 11) is 0. The summed E-state index contributed by atoms with van der Waals surface area (Å²) in [5.41, 5.74) is 0.893. The molecule has 5 rings (SSSR count). The monoisotopic (exact) mass is 575 g/mol. The van der Waals surface area contributed by atoms with Gasteiger partial charge in [0.1, 0.15) is 24.3 Å². The number of nitrogens with one attached hydrogen (secondary N) is 1. The lowest BCUT2D eigenvalue weighted by atomic mass is 10.1. The molecule has 41 heavy (non-hydrogen) atoms.